The maximum Gasteiger partial charge on any atom is 0.369 e. The van der Waals surface area contributed by atoms with Gasteiger partial charge < -0.3 is 19.7 Å². The van der Waals surface area contributed by atoms with Gasteiger partial charge >= 0.3 is 3.18 Å². The zero-order valence-electron chi connectivity index (χ0n) is 13.2. The summed E-state index contributed by atoms with van der Waals surface area (Å²) in [5, 5.41) is 18.5. The predicted octanol–water partition coefficient (Wildman–Crippen LogP) is 7.47. The van der Waals surface area contributed by atoms with Crippen molar-refractivity contribution < 1.29 is 19.7 Å². The van der Waals surface area contributed by atoms with Crippen LogP contribution in [0.4, 0.5) is 0 Å². The molecule has 0 fully saturated rings. The summed E-state index contributed by atoms with van der Waals surface area (Å²) in [5.74, 6) is 1.10. The first-order valence-electron chi connectivity index (χ1n) is 6.39. The second-order valence-corrected chi connectivity index (χ2v) is 13.8. The largest absolute Gasteiger partial charge is 0.506 e. The highest BCUT2D eigenvalue weighted by atomic mass is 127. The molecule has 12 heteroatoms. The number of aromatic hydroxyl groups is 2. The summed E-state index contributed by atoms with van der Waals surface area (Å²) in [4.78, 5) is 0. The highest BCUT2D eigenvalue weighted by Gasteiger charge is 2.08. The lowest BCUT2D eigenvalue weighted by atomic mass is 10.3. The number of hydrogen-bond donors (Lipinski definition) is 2. The van der Waals surface area contributed by atoms with Crippen molar-refractivity contribution in [1.82, 2.24) is 0 Å². The SMILES string of the molecule is BrB(Br)Br.COc1cc(I)cc(OC)c1Cl.Oc1cc(I)cc(O)c1Cl. The molecule has 26 heavy (non-hydrogen) atoms. The van der Waals surface area contributed by atoms with Gasteiger partial charge in [-0.3, -0.25) is 0 Å². The van der Waals surface area contributed by atoms with Crippen LogP contribution in [0.5, 0.6) is 23.0 Å². The lowest BCUT2D eigenvalue weighted by molar-refractivity contribution is 0.394. The summed E-state index contributed by atoms with van der Waals surface area (Å²) < 4.78 is 12.2. The molecule has 2 N–H and O–H groups in total. The van der Waals surface area contributed by atoms with Crippen molar-refractivity contribution in [1.29, 1.82) is 0 Å². The van der Waals surface area contributed by atoms with Crippen LogP contribution in [0.1, 0.15) is 0 Å². The van der Waals surface area contributed by atoms with E-state index in [0.717, 1.165) is 7.14 Å². The van der Waals surface area contributed by atoms with E-state index in [4.69, 9.17) is 42.9 Å². The normalized spacial score (nSPS) is 9.27. The molecular formula is C14H12BBr3Cl2I2O4. The summed E-state index contributed by atoms with van der Waals surface area (Å²) in [6.07, 6.45) is 0. The van der Waals surface area contributed by atoms with E-state index in [1.165, 1.54) is 12.1 Å². The molecule has 0 aromatic heterocycles. The average Bonchev–Trinajstić information content (AvgIpc) is 2.54. The second kappa shape index (κ2) is 14.2. The number of phenols is 2. The summed E-state index contributed by atoms with van der Waals surface area (Å²) in [7, 11) is 3.16. The zero-order chi connectivity index (χ0) is 20.4. The molecule has 2 rings (SSSR count). The van der Waals surface area contributed by atoms with E-state index in [2.05, 4.69) is 69.9 Å². The Hall–Kier alpha value is 1.18. The van der Waals surface area contributed by atoms with Crippen molar-refractivity contribution in [2.45, 2.75) is 0 Å². The first kappa shape index (κ1) is 27.2. The van der Waals surface area contributed by atoms with Crippen LogP contribution >= 0.6 is 116 Å². The van der Waals surface area contributed by atoms with Gasteiger partial charge in [0.1, 0.15) is 33.0 Å². The summed E-state index contributed by atoms with van der Waals surface area (Å²) in [6, 6.07) is 6.65. The Labute approximate surface area is 214 Å². The van der Waals surface area contributed by atoms with Crippen LogP contribution in [0.2, 0.25) is 10.0 Å². The van der Waals surface area contributed by atoms with Crippen molar-refractivity contribution in [3.8, 4) is 23.0 Å². The Morgan fingerprint density at radius 3 is 1.42 bits per heavy atom. The van der Waals surface area contributed by atoms with E-state index in [1.807, 2.05) is 34.7 Å². The maximum absolute atomic E-state index is 8.98. The van der Waals surface area contributed by atoms with Gasteiger partial charge in [0, 0.05) is 7.14 Å². The number of rotatable bonds is 2. The van der Waals surface area contributed by atoms with Crippen LogP contribution in [0.3, 0.4) is 0 Å². The van der Waals surface area contributed by atoms with Crippen molar-refractivity contribution >= 4 is 119 Å². The number of hydrogen-bond acceptors (Lipinski definition) is 4. The Morgan fingerprint density at radius 2 is 1.12 bits per heavy atom. The fraction of sp³-hybridized carbons (Fsp3) is 0.143. The molecule has 0 bridgehead atoms. The number of ether oxygens (including phenoxy) is 2. The van der Waals surface area contributed by atoms with Crippen molar-refractivity contribution in [2.75, 3.05) is 14.2 Å². The first-order valence-corrected chi connectivity index (χ1v) is 12.1. The van der Waals surface area contributed by atoms with Gasteiger partial charge in [-0.1, -0.05) is 23.2 Å². The van der Waals surface area contributed by atoms with Crippen LogP contribution in [0, 0.1) is 7.14 Å². The fourth-order valence-corrected chi connectivity index (χ4v) is 2.93. The van der Waals surface area contributed by atoms with Gasteiger partial charge in [0.05, 0.1) is 14.2 Å². The highest BCUT2D eigenvalue weighted by molar-refractivity contribution is 14.1. The van der Waals surface area contributed by atoms with Crippen LogP contribution in [0.15, 0.2) is 24.3 Å². The van der Waals surface area contributed by atoms with E-state index >= 15 is 0 Å². The van der Waals surface area contributed by atoms with Crippen LogP contribution < -0.4 is 9.47 Å². The third-order valence-electron chi connectivity index (χ3n) is 2.41. The molecule has 0 aliphatic rings. The van der Waals surface area contributed by atoms with Crippen molar-refractivity contribution in [2.24, 2.45) is 0 Å². The number of phenolic OH excluding ortho intramolecular Hbond substituents is 2. The number of methoxy groups -OCH3 is 2. The minimum absolute atomic E-state index is 0.000385. The van der Waals surface area contributed by atoms with Gasteiger partial charge in [0.25, 0.3) is 0 Å². The summed E-state index contributed by atoms with van der Waals surface area (Å²) in [6.45, 7) is 0. The highest BCUT2D eigenvalue weighted by Crippen LogP contribution is 2.35. The van der Waals surface area contributed by atoms with Crippen LogP contribution in [0.25, 0.3) is 0 Å². The molecule has 0 amide bonds. The third kappa shape index (κ3) is 10.7. The molecule has 0 spiro atoms. The summed E-state index contributed by atoms with van der Waals surface area (Å²) in [5.41, 5.74) is 0. The van der Waals surface area contributed by atoms with E-state index in [-0.39, 0.29) is 19.7 Å². The van der Waals surface area contributed by atoms with E-state index < -0.39 is 0 Å². The monoisotopic (exact) mass is 816 g/mol. The minimum Gasteiger partial charge on any atom is -0.506 e. The molecule has 144 valence electrons. The number of benzene rings is 2. The van der Waals surface area contributed by atoms with E-state index in [9.17, 15) is 0 Å². The Bertz CT molecular complexity index is 676. The van der Waals surface area contributed by atoms with Crippen molar-refractivity contribution in [3.63, 3.8) is 0 Å². The molecule has 0 saturated heterocycles. The molecule has 0 heterocycles. The molecule has 0 aliphatic carbocycles. The van der Waals surface area contributed by atoms with E-state index in [0.29, 0.717) is 16.5 Å². The van der Waals surface area contributed by atoms with Gasteiger partial charge in [-0.2, -0.15) is 0 Å². The third-order valence-corrected chi connectivity index (χ3v) is 4.41. The lowest BCUT2D eigenvalue weighted by Gasteiger charge is -2.07. The molecule has 0 atom stereocenters. The maximum atomic E-state index is 8.98. The molecule has 0 unspecified atom stereocenters. The topological polar surface area (TPSA) is 58.9 Å². The Balaban J connectivity index is 0.000000405. The number of halogens is 7. The standard InChI is InChI=1S/C8H8ClIO2.C6H4ClIO2.BBr3/c1-11-6-3-5(10)4-7(12-2)8(6)9;7-6-4(9)1-3(8)2-5(6)10;2-1(3)4/h3-4H,1-2H3;1-2,9-10H;. The molecule has 2 aromatic rings. The van der Waals surface area contributed by atoms with Gasteiger partial charge in [0.2, 0.25) is 0 Å². The first-order chi connectivity index (χ1) is 12.0. The molecule has 0 radical (unpaired) electrons. The fourth-order valence-electron chi connectivity index (χ4n) is 1.40. The van der Waals surface area contributed by atoms with Crippen molar-refractivity contribution in [3.05, 3.63) is 41.5 Å². The average molecular weight is 819 g/mol. The Morgan fingerprint density at radius 1 is 0.808 bits per heavy atom. The molecular weight excluding hydrogens is 807 g/mol. The van der Waals surface area contributed by atoms with Gasteiger partial charge in [-0.05, 0) is 69.4 Å². The lowest BCUT2D eigenvalue weighted by Crippen LogP contribution is -1.90. The van der Waals surface area contributed by atoms with Gasteiger partial charge in [-0.25, -0.2) is 0 Å². The molecule has 4 nitrogen and oxygen atoms in total. The van der Waals surface area contributed by atoms with Crippen LogP contribution in [-0.2, 0) is 0 Å². The smallest absolute Gasteiger partial charge is 0.369 e. The molecule has 2 aromatic carbocycles. The predicted molar refractivity (Wildman–Crippen MR) is 137 cm³/mol. The Kier molecular flexibility index (Phi) is 14.9. The minimum atomic E-state index is -0.0916. The zero-order valence-corrected chi connectivity index (χ0v) is 23.8. The van der Waals surface area contributed by atoms with E-state index in [1.54, 1.807) is 14.2 Å². The van der Waals surface area contributed by atoms with Gasteiger partial charge in [0.15, 0.2) is 0 Å². The van der Waals surface area contributed by atoms with Gasteiger partial charge in [-0.15, -0.1) is 47.3 Å². The molecule has 0 saturated carbocycles. The van der Waals surface area contributed by atoms with Crippen LogP contribution in [-0.4, -0.2) is 27.6 Å². The second-order valence-electron chi connectivity index (χ2n) is 4.13. The summed E-state index contributed by atoms with van der Waals surface area (Å²) >= 11 is 24.8. The molecule has 0 aliphatic heterocycles. The quantitative estimate of drug-likeness (QED) is 0.244.